The van der Waals surface area contributed by atoms with E-state index in [-0.39, 0.29) is 22.9 Å². The summed E-state index contributed by atoms with van der Waals surface area (Å²) in [4.78, 5) is 29.9. The van der Waals surface area contributed by atoms with Crippen molar-refractivity contribution in [2.24, 2.45) is 0 Å². The summed E-state index contributed by atoms with van der Waals surface area (Å²) in [5.74, 6) is -1.11. The molecule has 0 atom stereocenters. The highest BCUT2D eigenvalue weighted by atomic mass is 35.5. The van der Waals surface area contributed by atoms with Crippen LogP contribution in [0.2, 0.25) is 5.02 Å². The Hall–Kier alpha value is -3.72. The fourth-order valence-corrected chi connectivity index (χ4v) is 2.61. The highest BCUT2D eigenvalue weighted by Crippen LogP contribution is 2.34. The number of anilines is 4. The standard InChI is InChI=1S/C18H14ClN5O4/c1-10-13(19)3-2-4-14(10)23-17-15(24(27)28)16(20-9-21-17)22-12-7-5-11(6-8-12)18(25)26/h2-9H,1H3,(H,25,26)(H2,20,21,22,23). The van der Waals surface area contributed by atoms with Crippen molar-refractivity contribution in [3.8, 4) is 0 Å². The van der Waals surface area contributed by atoms with E-state index in [1.807, 2.05) is 0 Å². The second kappa shape index (κ2) is 7.89. The second-order valence-corrected chi connectivity index (χ2v) is 6.13. The van der Waals surface area contributed by atoms with Gasteiger partial charge < -0.3 is 15.7 Å². The number of rotatable bonds is 6. The predicted molar refractivity (Wildman–Crippen MR) is 105 cm³/mol. The van der Waals surface area contributed by atoms with Crippen LogP contribution in [0.1, 0.15) is 15.9 Å². The predicted octanol–water partition coefficient (Wildman–Crippen LogP) is 4.53. The Bertz CT molecular complexity index is 1060. The zero-order valence-electron chi connectivity index (χ0n) is 14.5. The molecule has 0 unspecified atom stereocenters. The number of nitrogens with one attached hydrogen (secondary N) is 2. The molecule has 0 bridgehead atoms. The average molecular weight is 400 g/mol. The van der Waals surface area contributed by atoms with Crippen molar-refractivity contribution in [2.75, 3.05) is 10.6 Å². The molecule has 0 saturated heterocycles. The van der Waals surface area contributed by atoms with Crippen LogP contribution in [0.25, 0.3) is 0 Å². The van der Waals surface area contributed by atoms with Gasteiger partial charge >= 0.3 is 11.7 Å². The van der Waals surface area contributed by atoms with Crippen LogP contribution in [0.15, 0.2) is 48.8 Å². The summed E-state index contributed by atoms with van der Waals surface area (Å²) >= 11 is 6.10. The van der Waals surface area contributed by atoms with Gasteiger partial charge in [-0.05, 0) is 48.9 Å². The first-order valence-electron chi connectivity index (χ1n) is 7.98. The third-order valence-corrected chi connectivity index (χ3v) is 4.33. The molecule has 3 rings (SSSR count). The van der Waals surface area contributed by atoms with Gasteiger partial charge in [0.15, 0.2) is 0 Å². The number of benzene rings is 2. The minimum atomic E-state index is -1.07. The summed E-state index contributed by atoms with van der Waals surface area (Å²) < 4.78 is 0. The lowest BCUT2D eigenvalue weighted by molar-refractivity contribution is -0.383. The molecule has 0 aliphatic rings. The van der Waals surface area contributed by atoms with Gasteiger partial charge in [0.25, 0.3) is 0 Å². The third-order valence-electron chi connectivity index (χ3n) is 3.92. The Morgan fingerprint density at radius 3 is 2.36 bits per heavy atom. The lowest BCUT2D eigenvalue weighted by Crippen LogP contribution is -2.06. The highest BCUT2D eigenvalue weighted by Gasteiger charge is 2.24. The highest BCUT2D eigenvalue weighted by molar-refractivity contribution is 6.31. The average Bonchev–Trinajstić information content (AvgIpc) is 2.66. The molecule has 1 aromatic heterocycles. The summed E-state index contributed by atoms with van der Waals surface area (Å²) in [6.07, 6.45) is 1.18. The van der Waals surface area contributed by atoms with Gasteiger partial charge in [0.05, 0.1) is 10.5 Å². The van der Waals surface area contributed by atoms with Crippen molar-refractivity contribution in [3.63, 3.8) is 0 Å². The SMILES string of the molecule is Cc1c(Cl)cccc1Nc1ncnc(Nc2ccc(C(=O)O)cc2)c1[N+](=O)[O-]. The fraction of sp³-hybridized carbons (Fsp3) is 0.0556. The first-order valence-corrected chi connectivity index (χ1v) is 8.36. The van der Waals surface area contributed by atoms with Crippen molar-refractivity contribution >= 4 is 46.3 Å². The molecule has 0 saturated carbocycles. The van der Waals surface area contributed by atoms with Crippen molar-refractivity contribution in [1.82, 2.24) is 9.97 Å². The van der Waals surface area contributed by atoms with Crippen LogP contribution in [0.5, 0.6) is 0 Å². The van der Waals surface area contributed by atoms with E-state index in [0.29, 0.717) is 16.4 Å². The van der Waals surface area contributed by atoms with Crippen LogP contribution in [-0.2, 0) is 0 Å². The van der Waals surface area contributed by atoms with Crippen LogP contribution in [0.4, 0.5) is 28.7 Å². The maximum absolute atomic E-state index is 11.7. The lowest BCUT2D eigenvalue weighted by Gasteiger charge is -2.12. The molecule has 0 aliphatic heterocycles. The molecule has 10 heteroatoms. The Morgan fingerprint density at radius 1 is 1.11 bits per heavy atom. The lowest BCUT2D eigenvalue weighted by atomic mass is 10.2. The van der Waals surface area contributed by atoms with Crippen molar-refractivity contribution in [3.05, 3.63) is 75.1 Å². The van der Waals surface area contributed by atoms with E-state index in [1.54, 1.807) is 25.1 Å². The molecular weight excluding hydrogens is 386 g/mol. The number of nitrogens with zero attached hydrogens (tertiary/aromatic N) is 3. The largest absolute Gasteiger partial charge is 0.478 e. The smallest absolute Gasteiger partial charge is 0.353 e. The van der Waals surface area contributed by atoms with E-state index >= 15 is 0 Å². The van der Waals surface area contributed by atoms with Crippen LogP contribution >= 0.6 is 11.6 Å². The van der Waals surface area contributed by atoms with E-state index < -0.39 is 10.9 Å². The number of halogens is 1. The molecule has 0 radical (unpaired) electrons. The van der Waals surface area contributed by atoms with Crippen molar-refractivity contribution in [2.45, 2.75) is 6.92 Å². The molecule has 28 heavy (non-hydrogen) atoms. The van der Waals surface area contributed by atoms with Gasteiger partial charge in [0.2, 0.25) is 11.6 Å². The Morgan fingerprint density at radius 2 is 1.75 bits per heavy atom. The fourth-order valence-electron chi connectivity index (χ4n) is 2.44. The maximum atomic E-state index is 11.7. The molecular formula is C18H14ClN5O4. The molecule has 1 heterocycles. The van der Waals surface area contributed by atoms with Gasteiger partial charge in [-0.25, -0.2) is 14.8 Å². The van der Waals surface area contributed by atoms with Gasteiger partial charge in [-0.2, -0.15) is 0 Å². The summed E-state index contributed by atoms with van der Waals surface area (Å²) in [6.45, 7) is 1.78. The van der Waals surface area contributed by atoms with Gasteiger partial charge in [0.1, 0.15) is 6.33 Å². The molecule has 9 nitrogen and oxygen atoms in total. The summed E-state index contributed by atoms with van der Waals surface area (Å²) in [6, 6.07) is 10.9. The van der Waals surface area contributed by atoms with E-state index in [2.05, 4.69) is 20.6 Å². The molecule has 3 N–H and O–H groups in total. The molecule has 0 amide bonds. The molecule has 0 aliphatic carbocycles. The first-order chi connectivity index (χ1) is 13.4. The van der Waals surface area contributed by atoms with E-state index in [9.17, 15) is 14.9 Å². The number of nitro groups is 1. The summed E-state index contributed by atoms with van der Waals surface area (Å²) in [5.41, 5.74) is 1.48. The monoisotopic (exact) mass is 399 g/mol. The van der Waals surface area contributed by atoms with Crippen LogP contribution in [0.3, 0.4) is 0 Å². The van der Waals surface area contributed by atoms with Gasteiger partial charge in [-0.3, -0.25) is 10.1 Å². The number of aromatic nitrogens is 2. The third kappa shape index (κ3) is 3.99. The van der Waals surface area contributed by atoms with Gasteiger partial charge in [-0.1, -0.05) is 17.7 Å². The van der Waals surface area contributed by atoms with Crippen LogP contribution in [-0.4, -0.2) is 26.0 Å². The van der Waals surface area contributed by atoms with Crippen LogP contribution in [0, 0.1) is 17.0 Å². The zero-order valence-corrected chi connectivity index (χ0v) is 15.3. The number of hydrogen-bond acceptors (Lipinski definition) is 7. The van der Waals surface area contributed by atoms with Crippen molar-refractivity contribution in [1.29, 1.82) is 0 Å². The Kier molecular flexibility index (Phi) is 5.37. The topological polar surface area (TPSA) is 130 Å². The van der Waals surface area contributed by atoms with Gasteiger partial charge in [0, 0.05) is 16.4 Å². The number of hydrogen-bond donors (Lipinski definition) is 3. The van der Waals surface area contributed by atoms with Gasteiger partial charge in [-0.15, -0.1) is 0 Å². The van der Waals surface area contributed by atoms with E-state index in [0.717, 1.165) is 5.56 Å². The quantitative estimate of drug-likeness (QED) is 0.407. The summed E-state index contributed by atoms with van der Waals surface area (Å²) in [7, 11) is 0. The number of carboxylic acid groups (broad SMARTS) is 1. The minimum Gasteiger partial charge on any atom is -0.478 e. The Balaban J connectivity index is 1.96. The Labute approximate surface area is 164 Å². The number of carboxylic acids is 1. The first kappa shape index (κ1) is 19.1. The normalized spacial score (nSPS) is 10.4. The molecule has 0 fully saturated rings. The van der Waals surface area contributed by atoms with Crippen LogP contribution < -0.4 is 10.6 Å². The molecule has 0 spiro atoms. The minimum absolute atomic E-state index is 0.00461. The van der Waals surface area contributed by atoms with Crippen molar-refractivity contribution < 1.29 is 14.8 Å². The maximum Gasteiger partial charge on any atom is 0.353 e. The molecule has 2 aromatic carbocycles. The zero-order chi connectivity index (χ0) is 20.3. The van der Waals surface area contributed by atoms with E-state index in [1.165, 1.54) is 30.6 Å². The van der Waals surface area contributed by atoms with E-state index in [4.69, 9.17) is 16.7 Å². The number of carbonyl (C=O) groups is 1. The summed E-state index contributed by atoms with van der Waals surface area (Å²) in [5, 5.41) is 26.9. The second-order valence-electron chi connectivity index (χ2n) is 5.72. The molecule has 3 aromatic rings. The molecule has 142 valence electrons. The number of aromatic carboxylic acids is 1.